The van der Waals surface area contributed by atoms with Gasteiger partial charge in [0.25, 0.3) is 0 Å². The second-order valence-corrected chi connectivity index (χ2v) is 9.57. The van der Waals surface area contributed by atoms with Gasteiger partial charge in [-0.15, -0.1) is 0 Å². The van der Waals surface area contributed by atoms with Crippen LogP contribution in [0.3, 0.4) is 0 Å². The lowest BCUT2D eigenvalue weighted by atomic mass is 9.98. The first-order chi connectivity index (χ1) is 11.7. The lowest BCUT2D eigenvalue weighted by Crippen LogP contribution is -2.14. The van der Waals surface area contributed by atoms with E-state index in [9.17, 15) is 8.42 Å². The van der Waals surface area contributed by atoms with E-state index in [0.29, 0.717) is 17.4 Å². The molecule has 0 aliphatic rings. The van der Waals surface area contributed by atoms with Gasteiger partial charge in [-0.05, 0) is 55.9 Å². The van der Waals surface area contributed by atoms with Crippen LogP contribution in [0.15, 0.2) is 29.2 Å². The minimum Gasteiger partial charge on any atom is -0.265 e. The van der Waals surface area contributed by atoms with Crippen LogP contribution in [0.4, 0.5) is 0 Å². The van der Waals surface area contributed by atoms with Gasteiger partial charge in [-0.3, -0.25) is 4.68 Å². The maximum Gasteiger partial charge on any atom is 0.180 e. The molecule has 2 rings (SSSR count). The molecule has 5 heteroatoms. The Hall–Kier alpha value is -1.62. The van der Waals surface area contributed by atoms with Gasteiger partial charge in [0.05, 0.1) is 22.4 Å². The smallest absolute Gasteiger partial charge is 0.180 e. The van der Waals surface area contributed by atoms with E-state index in [1.807, 2.05) is 12.1 Å². The molecule has 2 aromatic rings. The molecule has 0 radical (unpaired) electrons. The average molecular weight is 363 g/mol. The van der Waals surface area contributed by atoms with Gasteiger partial charge in [-0.1, -0.05) is 39.8 Å². The van der Waals surface area contributed by atoms with E-state index in [-0.39, 0.29) is 0 Å². The van der Waals surface area contributed by atoms with Gasteiger partial charge >= 0.3 is 0 Å². The monoisotopic (exact) mass is 362 g/mol. The fraction of sp³-hybridized carbons (Fsp3) is 0.550. The maximum atomic E-state index is 12.2. The molecule has 0 aliphatic carbocycles. The van der Waals surface area contributed by atoms with Gasteiger partial charge in [0.15, 0.2) is 9.84 Å². The van der Waals surface area contributed by atoms with Crippen LogP contribution >= 0.6 is 0 Å². The predicted molar refractivity (Wildman–Crippen MR) is 103 cm³/mol. The molecule has 0 amide bonds. The van der Waals surface area contributed by atoms with Crippen molar-refractivity contribution in [3.05, 3.63) is 46.8 Å². The zero-order valence-corrected chi connectivity index (χ0v) is 17.0. The number of benzene rings is 1. The van der Waals surface area contributed by atoms with Crippen LogP contribution < -0.4 is 0 Å². The molecule has 25 heavy (non-hydrogen) atoms. The molecule has 0 aliphatic heterocycles. The van der Waals surface area contributed by atoms with Crippen molar-refractivity contribution in [3.63, 3.8) is 0 Å². The highest BCUT2D eigenvalue weighted by molar-refractivity contribution is 7.92. The first-order valence-electron chi connectivity index (χ1n) is 9.13. The second-order valence-electron chi connectivity index (χ2n) is 7.06. The molecule has 0 atom stereocenters. The number of hydrogen-bond acceptors (Lipinski definition) is 3. The Bertz CT molecular complexity index is 816. The Morgan fingerprint density at radius 2 is 1.60 bits per heavy atom. The van der Waals surface area contributed by atoms with Crippen LogP contribution in [0.25, 0.3) is 0 Å². The molecule has 1 heterocycles. The quantitative estimate of drug-likeness (QED) is 0.735. The SMILES string of the molecule is CCc1nn(Cc2ccc(S(=O)(=O)C(C)C)cc2)c(CC)c1C(C)C. The summed E-state index contributed by atoms with van der Waals surface area (Å²) in [5.41, 5.74) is 4.89. The van der Waals surface area contributed by atoms with E-state index in [1.54, 1.807) is 26.0 Å². The number of hydrogen-bond donors (Lipinski definition) is 0. The van der Waals surface area contributed by atoms with Crippen LogP contribution in [0.2, 0.25) is 0 Å². The molecule has 0 saturated heterocycles. The number of nitrogens with zero attached hydrogens (tertiary/aromatic N) is 2. The Labute approximate surface area is 152 Å². The summed E-state index contributed by atoms with van der Waals surface area (Å²) in [4.78, 5) is 0.388. The Balaban J connectivity index is 2.35. The maximum absolute atomic E-state index is 12.2. The number of rotatable bonds is 7. The van der Waals surface area contributed by atoms with Crippen molar-refractivity contribution in [1.82, 2.24) is 9.78 Å². The van der Waals surface area contributed by atoms with Gasteiger partial charge in [0.1, 0.15) is 0 Å². The lowest BCUT2D eigenvalue weighted by Gasteiger charge is -2.11. The third kappa shape index (κ3) is 3.97. The number of sulfone groups is 1. The van der Waals surface area contributed by atoms with E-state index >= 15 is 0 Å². The van der Waals surface area contributed by atoms with Crippen molar-refractivity contribution in [2.75, 3.05) is 0 Å². The molecular formula is C20H30N2O2S. The molecule has 0 fully saturated rings. The minimum absolute atomic E-state index is 0.388. The highest BCUT2D eigenvalue weighted by Gasteiger charge is 2.20. The van der Waals surface area contributed by atoms with Gasteiger partial charge in [0, 0.05) is 5.69 Å². The summed E-state index contributed by atoms with van der Waals surface area (Å²) in [6, 6.07) is 7.22. The fourth-order valence-corrected chi connectivity index (χ4v) is 4.29. The zero-order valence-electron chi connectivity index (χ0n) is 16.2. The van der Waals surface area contributed by atoms with Crippen molar-refractivity contribution in [1.29, 1.82) is 0 Å². The molecule has 0 N–H and O–H groups in total. The summed E-state index contributed by atoms with van der Waals surface area (Å²) in [6.07, 6.45) is 1.87. The van der Waals surface area contributed by atoms with Crippen molar-refractivity contribution in [2.45, 2.75) is 77.0 Å². The van der Waals surface area contributed by atoms with Crippen LogP contribution in [0, 0.1) is 0 Å². The first kappa shape index (κ1) is 19.7. The largest absolute Gasteiger partial charge is 0.265 e. The average Bonchev–Trinajstić information content (AvgIpc) is 2.92. The van der Waals surface area contributed by atoms with Crippen LogP contribution in [-0.4, -0.2) is 23.4 Å². The zero-order chi connectivity index (χ0) is 18.8. The molecule has 138 valence electrons. The van der Waals surface area contributed by atoms with Crippen LogP contribution in [-0.2, 0) is 29.2 Å². The molecular weight excluding hydrogens is 332 g/mol. The summed E-state index contributed by atoms with van der Waals surface area (Å²) >= 11 is 0. The van der Waals surface area contributed by atoms with E-state index in [2.05, 4.69) is 32.4 Å². The molecule has 1 aromatic heterocycles. The normalized spacial score (nSPS) is 12.3. The standard InChI is InChI=1S/C20H30N2O2S/c1-7-18-20(14(3)4)19(8-2)22(21-18)13-16-9-11-17(12-10-16)25(23,24)15(5)6/h9-12,14-15H,7-8,13H2,1-6H3. The topological polar surface area (TPSA) is 52.0 Å². The van der Waals surface area contributed by atoms with Crippen molar-refractivity contribution < 1.29 is 8.42 Å². The molecule has 0 unspecified atom stereocenters. The Morgan fingerprint density at radius 1 is 1.00 bits per heavy atom. The van der Waals surface area contributed by atoms with Gasteiger partial charge in [0.2, 0.25) is 0 Å². The van der Waals surface area contributed by atoms with Gasteiger partial charge < -0.3 is 0 Å². The third-order valence-electron chi connectivity index (χ3n) is 4.63. The van der Waals surface area contributed by atoms with E-state index in [1.165, 1.54) is 17.0 Å². The predicted octanol–water partition coefficient (Wildman–Crippen LogP) is 4.36. The molecule has 4 nitrogen and oxygen atoms in total. The molecule has 1 aromatic carbocycles. The van der Waals surface area contributed by atoms with Gasteiger partial charge in [-0.25, -0.2) is 8.42 Å². The number of aryl methyl sites for hydroxylation is 1. The second kappa shape index (κ2) is 7.73. The summed E-state index contributed by atoms with van der Waals surface area (Å²) in [7, 11) is -3.22. The van der Waals surface area contributed by atoms with Crippen LogP contribution in [0.5, 0.6) is 0 Å². The fourth-order valence-electron chi connectivity index (χ4n) is 3.23. The lowest BCUT2D eigenvalue weighted by molar-refractivity contribution is 0.587. The van der Waals surface area contributed by atoms with Crippen molar-refractivity contribution in [3.8, 4) is 0 Å². The molecule has 0 bridgehead atoms. The highest BCUT2D eigenvalue weighted by atomic mass is 32.2. The highest BCUT2D eigenvalue weighted by Crippen LogP contribution is 2.26. The summed E-state index contributed by atoms with van der Waals surface area (Å²) < 4.78 is 26.6. The van der Waals surface area contributed by atoms with E-state index in [4.69, 9.17) is 5.10 Å². The third-order valence-corrected chi connectivity index (χ3v) is 6.80. The molecule has 0 saturated carbocycles. The molecule has 0 spiro atoms. The minimum atomic E-state index is -3.22. The summed E-state index contributed by atoms with van der Waals surface area (Å²) in [5.74, 6) is 0.456. The Morgan fingerprint density at radius 3 is 2.04 bits per heavy atom. The summed E-state index contributed by atoms with van der Waals surface area (Å²) in [6.45, 7) is 12.8. The van der Waals surface area contributed by atoms with E-state index < -0.39 is 15.1 Å². The van der Waals surface area contributed by atoms with Crippen LogP contribution in [0.1, 0.15) is 70.0 Å². The van der Waals surface area contributed by atoms with Crippen molar-refractivity contribution in [2.24, 2.45) is 0 Å². The summed E-state index contributed by atoms with van der Waals surface area (Å²) in [5, 5.41) is 4.41. The number of aromatic nitrogens is 2. The van der Waals surface area contributed by atoms with Gasteiger partial charge in [-0.2, -0.15) is 5.10 Å². The Kier molecular flexibility index (Phi) is 6.09. The first-order valence-corrected chi connectivity index (χ1v) is 10.7. The van der Waals surface area contributed by atoms with E-state index in [0.717, 1.165) is 18.4 Å². The van der Waals surface area contributed by atoms with Crippen molar-refractivity contribution >= 4 is 9.84 Å².